The van der Waals surface area contributed by atoms with E-state index in [0.29, 0.717) is 12.5 Å². The lowest BCUT2D eigenvalue weighted by molar-refractivity contribution is 0.558. The van der Waals surface area contributed by atoms with E-state index >= 15 is 0 Å². The second kappa shape index (κ2) is 3.73. The van der Waals surface area contributed by atoms with E-state index < -0.39 is 0 Å². The third-order valence-electron chi connectivity index (χ3n) is 2.26. The first-order chi connectivity index (χ1) is 6.36. The Balaban J connectivity index is 3.19. The SMILES string of the molecule is CC(C)c1[nH]c(CN)nc1C(C)(C)C. The molecule has 0 radical (unpaired) electrons. The third kappa shape index (κ3) is 2.15. The molecule has 0 aromatic carbocycles. The van der Waals surface area contributed by atoms with Gasteiger partial charge in [0.2, 0.25) is 0 Å². The Bertz CT molecular complexity index is 305. The quantitative estimate of drug-likeness (QED) is 0.760. The number of aromatic nitrogens is 2. The van der Waals surface area contributed by atoms with E-state index in [-0.39, 0.29) is 5.41 Å². The normalized spacial score (nSPS) is 12.5. The minimum atomic E-state index is 0.0868. The van der Waals surface area contributed by atoms with Crippen molar-refractivity contribution in [1.29, 1.82) is 0 Å². The predicted molar refractivity (Wildman–Crippen MR) is 59.3 cm³/mol. The number of rotatable bonds is 2. The molecule has 1 aromatic rings. The van der Waals surface area contributed by atoms with Gasteiger partial charge in [0.1, 0.15) is 5.82 Å². The summed E-state index contributed by atoms with van der Waals surface area (Å²) in [5.74, 6) is 1.36. The lowest BCUT2D eigenvalue weighted by Gasteiger charge is -2.18. The molecule has 0 saturated heterocycles. The van der Waals surface area contributed by atoms with Gasteiger partial charge in [-0.3, -0.25) is 0 Å². The molecule has 0 saturated carbocycles. The highest BCUT2D eigenvalue weighted by Gasteiger charge is 2.23. The first-order valence-electron chi connectivity index (χ1n) is 5.15. The van der Waals surface area contributed by atoms with Crippen molar-refractivity contribution >= 4 is 0 Å². The smallest absolute Gasteiger partial charge is 0.120 e. The molecular formula is C11H21N3. The Morgan fingerprint density at radius 3 is 2.21 bits per heavy atom. The standard InChI is InChI=1S/C11H21N3/c1-7(2)9-10(11(3,4)5)14-8(6-12)13-9/h7H,6,12H2,1-5H3,(H,13,14). The second-order valence-electron chi connectivity index (χ2n) is 5.05. The molecule has 14 heavy (non-hydrogen) atoms. The highest BCUT2D eigenvalue weighted by atomic mass is 15.0. The Morgan fingerprint density at radius 2 is 1.93 bits per heavy atom. The van der Waals surface area contributed by atoms with Crippen LogP contribution < -0.4 is 5.73 Å². The van der Waals surface area contributed by atoms with Crippen LogP contribution in [0.1, 0.15) is 57.7 Å². The Kier molecular flexibility index (Phi) is 3.00. The van der Waals surface area contributed by atoms with E-state index in [1.165, 1.54) is 5.69 Å². The maximum Gasteiger partial charge on any atom is 0.120 e. The van der Waals surface area contributed by atoms with Crippen molar-refractivity contribution in [1.82, 2.24) is 9.97 Å². The van der Waals surface area contributed by atoms with Crippen LogP contribution in [-0.4, -0.2) is 9.97 Å². The van der Waals surface area contributed by atoms with Crippen LogP contribution in [0.15, 0.2) is 0 Å². The van der Waals surface area contributed by atoms with E-state index in [1.807, 2.05) is 0 Å². The molecule has 0 amide bonds. The van der Waals surface area contributed by atoms with Gasteiger partial charge in [0.25, 0.3) is 0 Å². The van der Waals surface area contributed by atoms with E-state index in [9.17, 15) is 0 Å². The van der Waals surface area contributed by atoms with Crippen molar-refractivity contribution in [2.75, 3.05) is 0 Å². The fraction of sp³-hybridized carbons (Fsp3) is 0.727. The van der Waals surface area contributed by atoms with Gasteiger partial charge in [-0.15, -0.1) is 0 Å². The lowest BCUT2D eigenvalue weighted by Crippen LogP contribution is -2.15. The van der Waals surface area contributed by atoms with Gasteiger partial charge in [-0.05, 0) is 5.92 Å². The van der Waals surface area contributed by atoms with E-state index in [2.05, 4.69) is 44.6 Å². The van der Waals surface area contributed by atoms with Gasteiger partial charge < -0.3 is 10.7 Å². The molecule has 0 unspecified atom stereocenters. The first-order valence-corrected chi connectivity index (χ1v) is 5.15. The number of nitrogens with two attached hydrogens (primary N) is 1. The molecule has 0 aliphatic rings. The summed E-state index contributed by atoms with van der Waals surface area (Å²) in [6.07, 6.45) is 0. The average molecular weight is 195 g/mol. The molecule has 3 nitrogen and oxygen atoms in total. The zero-order valence-corrected chi connectivity index (χ0v) is 9.81. The lowest BCUT2D eigenvalue weighted by atomic mass is 9.88. The van der Waals surface area contributed by atoms with Crippen molar-refractivity contribution < 1.29 is 0 Å². The molecule has 1 rings (SSSR count). The van der Waals surface area contributed by atoms with Crippen LogP contribution in [0.25, 0.3) is 0 Å². The molecule has 0 spiro atoms. The molecule has 0 aliphatic heterocycles. The van der Waals surface area contributed by atoms with Crippen molar-refractivity contribution in [2.45, 2.75) is 52.5 Å². The topological polar surface area (TPSA) is 54.7 Å². The molecule has 0 aliphatic carbocycles. The molecule has 3 heteroatoms. The van der Waals surface area contributed by atoms with Crippen molar-refractivity contribution in [2.24, 2.45) is 5.73 Å². The first kappa shape index (κ1) is 11.2. The summed E-state index contributed by atoms with van der Waals surface area (Å²) in [7, 11) is 0. The summed E-state index contributed by atoms with van der Waals surface area (Å²) >= 11 is 0. The molecule has 0 fully saturated rings. The molecular weight excluding hydrogens is 174 g/mol. The summed E-state index contributed by atoms with van der Waals surface area (Å²) in [6.45, 7) is 11.3. The zero-order chi connectivity index (χ0) is 10.9. The fourth-order valence-electron chi connectivity index (χ4n) is 1.52. The highest BCUT2D eigenvalue weighted by molar-refractivity contribution is 5.24. The van der Waals surface area contributed by atoms with Gasteiger partial charge in [0.05, 0.1) is 12.2 Å². The zero-order valence-electron chi connectivity index (χ0n) is 9.81. The number of hydrogen-bond acceptors (Lipinski definition) is 2. The van der Waals surface area contributed by atoms with E-state index in [4.69, 9.17) is 5.73 Å². The number of imidazole rings is 1. The molecule has 0 bridgehead atoms. The van der Waals surface area contributed by atoms with Crippen molar-refractivity contribution in [3.05, 3.63) is 17.2 Å². The minimum Gasteiger partial charge on any atom is -0.344 e. The number of nitrogens with zero attached hydrogens (tertiary/aromatic N) is 1. The number of H-pyrrole nitrogens is 1. The summed E-state index contributed by atoms with van der Waals surface area (Å²) < 4.78 is 0. The number of aromatic amines is 1. The van der Waals surface area contributed by atoms with Crippen molar-refractivity contribution in [3.8, 4) is 0 Å². The van der Waals surface area contributed by atoms with Gasteiger partial charge >= 0.3 is 0 Å². The van der Waals surface area contributed by atoms with Crippen LogP contribution in [0.3, 0.4) is 0 Å². The predicted octanol–water partition coefficient (Wildman–Crippen LogP) is 2.29. The molecule has 3 N–H and O–H groups in total. The second-order valence-corrected chi connectivity index (χ2v) is 5.05. The van der Waals surface area contributed by atoms with Crippen molar-refractivity contribution in [3.63, 3.8) is 0 Å². The number of nitrogens with one attached hydrogen (secondary N) is 1. The summed E-state index contributed by atoms with van der Waals surface area (Å²) in [5.41, 5.74) is 8.04. The Morgan fingerprint density at radius 1 is 1.36 bits per heavy atom. The summed E-state index contributed by atoms with van der Waals surface area (Å²) in [5, 5.41) is 0. The van der Waals surface area contributed by atoms with Crippen LogP contribution >= 0.6 is 0 Å². The van der Waals surface area contributed by atoms with Crippen LogP contribution in [0, 0.1) is 0 Å². The van der Waals surface area contributed by atoms with Gasteiger partial charge in [-0.2, -0.15) is 0 Å². The summed E-state index contributed by atoms with van der Waals surface area (Å²) in [4.78, 5) is 7.84. The average Bonchev–Trinajstić information content (AvgIpc) is 2.46. The highest BCUT2D eigenvalue weighted by Crippen LogP contribution is 2.28. The Labute approximate surface area is 86.1 Å². The monoisotopic (exact) mass is 195 g/mol. The van der Waals surface area contributed by atoms with Gasteiger partial charge in [0.15, 0.2) is 0 Å². The number of hydrogen-bond donors (Lipinski definition) is 2. The van der Waals surface area contributed by atoms with E-state index in [0.717, 1.165) is 11.5 Å². The van der Waals surface area contributed by atoms with Crippen LogP contribution in [0.4, 0.5) is 0 Å². The largest absolute Gasteiger partial charge is 0.344 e. The molecule has 1 aromatic heterocycles. The summed E-state index contributed by atoms with van der Waals surface area (Å²) in [6, 6.07) is 0. The van der Waals surface area contributed by atoms with Gasteiger partial charge in [-0.25, -0.2) is 4.98 Å². The third-order valence-corrected chi connectivity index (χ3v) is 2.26. The van der Waals surface area contributed by atoms with Gasteiger partial charge in [-0.1, -0.05) is 34.6 Å². The van der Waals surface area contributed by atoms with Gasteiger partial charge in [0, 0.05) is 11.1 Å². The minimum absolute atomic E-state index is 0.0868. The maximum absolute atomic E-state index is 5.58. The van der Waals surface area contributed by atoms with Crippen LogP contribution in [0.5, 0.6) is 0 Å². The van der Waals surface area contributed by atoms with Crippen LogP contribution in [0.2, 0.25) is 0 Å². The molecule has 80 valence electrons. The molecule has 0 atom stereocenters. The van der Waals surface area contributed by atoms with Crippen LogP contribution in [-0.2, 0) is 12.0 Å². The maximum atomic E-state index is 5.58. The molecule has 1 heterocycles. The fourth-order valence-corrected chi connectivity index (χ4v) is 1.52. The Hall–Kier alpha value is -0.830. The van der Waals surface area contributed by atoms with E-state index in [1.54, 1.807) is 0 Å².